The van der Waals surface area contributed by atoms with E-state index in [1.54, 1.807) is 0 Å². The predicted octanol–water partition coefficient (Wildman–Crippen LogP) is 2.41. The number of nitrogens with zero attached hydrogens (tertiary/aromatic N) is 1. The van der Waals surface area contributed by atoms with Crippen LogP contribution in [0.15, 0.2) is 24.3 Å². The number of ether oxygens (including phenoxy) is 1. The normalized spacial score (nSPS) is 20.9. The molecule has 0 amide bonds. The summed E-state index contributed by atoms with van der Waals surface area (Å²) in [5, 5.41) is 3.47. The molecular weight excluding hydrogens is 236 g/mol. The van der Waals surface area contributed by atoms with Gasteiger partial charge < -0.3 is 10.1 Å². The highest BCUT2D eigenvalue weighted by molar-refractivity contribution is 5.23. The molecule has 1 aromatic rings. The van der Waals surface area contributed by atoms with Crippen molar-refractivity contribution >= 4 is 0 Å². The lowest BCUT2D eigenvalue weighted by atomic mass is 10.1. The van der Waals surface area contributed by atoms with Crippen molar-refractivity contribution in [3.63, 3.8) is 0 Å². The molecule has 1 aromatic carbocycles. The second kappa shape index (κ2) is 7.04. The van der Waals surface area contributed by atoms with Crippen LogP contribution in [0, 0.1) is 0 Å². The zero-order valence-electron chi connectivity index (χ0n) is 12.4. The summed E-state index contributed by atoms with van der Waals surface area (Å²) in [4.78, 5) is 2.50. The molecule has 1 saturated heterocycles. The average molecular weight is 262 g/mol. The fraction of sp³-hybridized carbons (Fsp3) is 0.625. The summed E-state index contributed by atoms with van der Waals surface area (Å²) in [6, 6.07) is 9.95. The lowest BCUT2D eigenvalue weighted by molar-refractivity contribution is -0.00437. The van der Waals surface area contributed by atoms with Crippen molar-refractivity contribution in [2.45, 2.75) is 45.9 Å². The van der Waals surface area contributed by atoms with E-state index in [1.807, 2.05) is 0 Å². The molecule has 19 heavy (non-hydrogen) atoms. The molecule has 2 rings (SSSR count). The Kier molecular flexibility index (Phi) is 5.37. The molecule has 1 unspecified atom stereocenters. The quantitative estimate of drug-likeness (QED) is 0.882. The maximum absolute atomic E-state index is 5.49. The van der Waals surface area contributed by atoms with Crippen molar-refractivity contribution in [1.82, 2.24) is 10.2 Å². The molecule has 0 aromatic heterocycles. The van der Waals surface area contributed by atoms with E-state index in [-0.39, 0.29) is 0 Å². The minimum absolute atomic E-state index is 0.520. The van der Waals surface area contributed by atoms with E-state index in [0.29, 0.717) is 12.1 Å². The monoisotopic (exact) mass is 262 g/mol. The number of morpholine rings is 1. The number of rotatable bonds is 5. The van der Waals surface area contributed by atoms with Gasteiger partial charge in [-0.3, -0.25) is 4.90 Å². The van der Waals surface area contributed by atoms with Crippen LogP contribution in [0.4, 0.5) is 0 Å². The van der Waals surface area contributed by atoms with Crippen LogP contribution in [0.1, 0.15) is 31.9 Å². The Bertz CT molecular complexity index is 392. The van der Waals surface area contributed by atoms with Gasteiger partial charge >= 0.3 is 0 Å². The van der Waals surface area contributed by atoms with Gasteiger partial charge in [0.2, 0.25) is 0 Å². The molecule has 3 heteroatoms. The first kappa shape index (κ1) is 14.5. The van der Waals surface area contributed by atoms with E-state index in [1.165, 1.54) is 11.1 Å². The third-order valence-corrected chi connectivity index (χ3v) is 3.60. The molecule has 0 bridgehead atoms. The van der Waals surface area contributed by atoms with Crippen molar-refractivity contribution in [3.05, 3.63) is 35.4 Å². The molecule has 0 radical (unpaired) electrons. The predicted molar refractivity (Wildman–Crippen MR) is 79.1 cm³/mol. The van der Waals surface area contributed by atoms with E-state index in [0.717, 1.165) is 32.8 Å². The van der Waals surface area contributed by atoms with Gasteiger partial charge in [-0.25, -0.2) is 0 Å². The Labute approximate surface area is 116 Å². The molecule has 0 spiro atoms. The highest BCUT2D eigenvalue weighted by atomic mass is 16.5. The molecule has 0 aliphatic carbocycles. The van der Waals surface area contributed by atoms with Crippen molar-refractivity contribution < 1.29 is 4.74 Å². The highest BCUT2D eigenvalue weighted by Gasteiger charge is 2.18. The minimum Gasteiger partial charge on any atom is -0.379 e. The molecule has 1 aliphatic heterocycles. The van der Waals surface area contributed by atoms with Crippen LogP contribution in [0.3, 0.4) is 0 Å². The third-order valence-electron chi connectivity index (χ3n) is 3.60. The average Bonchev–Trinajstić information content (AvgIpc) is 2.40. The second-order valence-electron chi connectivity index (χ2n) is 5.75. The van der Waals surface area contributed by atoms with Crippen LogP contribution in [-0.4, -0.2) is 36.7 Å². The van der Waals surface area contributed by atoms with Crippen LogP contribution >= 0.6 is 0 Å². The smallest absolute Gasteiger partial charge is 0.0619 e. The Hall–Kier alpha value is -0.900. The lowest BCUT2D eigenvalue weighted by Crippen LogP contribution is -2.42. The highest BCUT2D eigenvalue weighted by Crippen LogP contribution is 2.13. The third kappa shape index (κ3) is 4.60. The van der Waals surface area contributed by atoms with Gasteiger partial charge in [-0.05, 0) is 18.1 Å². The summed E-state index contributed by atoms with van der Waals surface area (Å²) < 4.78 is 5.49. The van der Waals surface area contributed by atoms with Crippen LogP contribution in [-0.2, 0) is 17.8 Å². The molecule has 1 N–H and O–H groups in total. The van der Waals surface area contributed by atoms with E-state index in [2.05, 4.69) is 55.3 Å². The summed E-state index contributed by atoms with van der Waals surface area (Å²) in [5.41, 5.74) is 2.77. The van der Waals surface area contributed by atoms with Crippen LogP contribution in [0.5, 0.6) is 0 Å². The largest absolute Gasteiger partial charge is 0.379 e. The van der Waals surface area contributed by atoms with Gasteiger partial charge in [-0.1, -0.05) is 38.1 Å². The van der Waals surface area contributed by atoms with Gasteiger partial charge in [0.1, 0.15) is 0 Å². The van der Waals surface area contributed by atoms with Gasteiger partial charge in [-0.2, -0.15) is 0 Å². The Balaban J connectivity index is 1.94. The first-order chi connectivity index (χ1) is 9.15. The van der Waals surface area contributed by atoms with Crippen molar-refractivity contribution in [2.24, 2.45) is 0 Å². The zero-order valence-corrected chi connectivity index (χ0v) is 12.4. The summed E-state index contributed by atoms with van der Waals surface area (Å²) >= 11 is 0. The summed E-state index contributed by atoms with van der Waals surface area (Å²) in [6.45, 7) is 11.3. The molecule has 3 nitrogen and oxygen atoms in total. The maximum atomic E-state index is 5.49. The summed E-state index contributed by atoms with van der Waals surface area (Å²) in [6.07, 6.45) is 0. The fourth-order valence-corrected chi connectivity index (χ4v) is 2.39. The fourth-order valence-electron chi connectivity index (χ4n) is 2.39. The molecule has 0 saturated carbocycles. The topological polar surface area (TPSA) is 24.5 Å². The van der Waals surface area contributed by atoms with E-state index < -0.39 is 0 Å². The van der Waals surface area contributed by atoms with Crippen LogP contribution < -0.4 is 5.32 Å². The molecule has 1 heterocycles. The Morgan fingerprint density at radius 3 is 2.89 bits per heavy atom. The molecule has 1 fully saturated rings. The van der Waals surface area contributed by atoms with Crippen molar-refractivity contribution in [2.75, 3.05) is 19.8 Å². The van der Waals surface area contributed by atoms with Gasteiger partial charge in [0.15, 0.2) is 0 Å². The lowest BCUT2D eigenvalue weighted by Gasteiger charge is -2.33. The van der Waals surface area contributed by atoms with Gasteiger partial charge in [-0.15, -0.1) is 0 Å². The first-order valence-electron chi connectivity index (χ1n) is 7.28. The number of benzene rings is 1. The standard InChI is InChI=1S/C16H26N2O/c1-13(2)17-10-15-5-4-6-16(9-15)11-18-7-8-19-12-14(18)3/h4-6,9,13-14,17H,7-8,10-12H2,1-3H3. The minimum atomic E-state index is 0.520. The zero-order chi connectivity index (χ0) is 13.7. The summed E-state index contributed by atoms with van der Waals surface area (Å²) in [5.74, 6) is 0. The SMILES string of the molecule is CC(C)NCc1cccc(CN2CCOCC2C)c1. The van der Waals surface area contributed by atoms with E-state index in [9.17, 15) is 0 Å². The number of nitrogens with one attached hydrogen (secondary N) is 1. The molecule has 1 atom stereocenters. The van der Waals surface area contributed by atoms with Crippen LogP contribution in [0.25, 0.3) is 0 Å². The van der Waals surface area contributed by atoms with Crippen LogP contribution in [0.2, 0.25) is 0 Å². The van der Waals surface area contributed by atoms with Crippen molar-refractivity contribution in [3.8, 4) is 0 Å². The molecule has 106 valence electrons. The second-order valence-corrected chi connectivity index (χ2v) is 5.75. The molecular formula is C16H26N2O. The molecule has 1 aliphatic rings. The Morgan fingerprint density at radius 1 is 1.37 bits per heavy atom. The number of hydrogen-bond donors (Lipinski definition) is 1. The first-order valence-corrected chi connectivity index (χ1v) is 7.28. The van der Waals surface area contributed by atoms with Gasteiger partial charge in [0.05, 0.1) is 13.2 Å². The maximum Gasteiger partial charge on any atom is 0.0619 e. The number of hydrogen-bond acceptors (Lipinski definition) is 3. The van der Waals surface area contributed by atoms with E-state index in [4.69, 9.17) is 4.74 Å². The Morgan fingerprint density at radius 2 is 2.16 bits per heavy atom. The van der Waals surface area contributed by atoms with Gasteiger partial charge in [0, 0.05) is 31.7 Å². The van der Waals surface area contributed by atoms with E-state index >= 15 is 0 Å². The summed E-state index contributed by atoms with van der Waals surface area (Å²) in [7, 11) is 0. The van der Waals surface area contributed by atoms with Crippen molar-refractivity contribution in [1.29, 1.82) is 0 Å². The van der Waals surface area contributed by atoms with Gasteiger partial charge in [0.25, 0.3) is 0 Å².